The van der Waals surface area contributed by atoms with Gasteiger partial charge in [0.15, 0.2) is 0 Å². The fraction of sp³-hybridized carbons (Fsp3) is 0.438. The predicted molar refractivity (Wildman–Crippen MR) is 80.2 cm³/mol. The summed E-state index contributed by atoms with van der Waals surface area (Å²) in [4.78, 5) is 12.9. The normalized spacial score (nSPS) is 10.3. The first kappa shape index (κ1) is 15.0. The SMILES string of the molecule is C=CCCCCCC(=O)CSc1ccccc1C. The Morgan fingerprint density at radius 1 is 1.28 bits per heavy atom. The molecule has 0 aliphatic rings. The van der Waals surface area contributed by atoms with Gasteiger partial charge in [0.1, 0.15) is 5.78 Å². The second-order valence-corrected chi connectivity index (χ2v) is 5.50. The number of allylic oxidation sites excluding steroid dienone is 1. The van der Waals surface area contributed by atoms with Crippen molar-refractivity contribution in [3.05, 3.63) is 42.5 Å². The van der Waals surface area contributed by atoms with Gasteiger partial charge in [0.05, 0.1) is 5.75 Å². The van der Waals surface area contributed by atoms with Crippen molar-refractivity contribution >= 4 is 17.5 Å². The first-order valence-corrected chi connectivity index (χ1v) is 7.53. The molecular formula is C16H22OS. The Bertz CT molecular complexity index is 384. The number of hydrogen-bond acceptors (Lipinski definition) is 2. The molecule has 0 N–H and O–H groups in total. The first-order chi connectivity index (χ1) is 8.74. The van der Waals surface area contributed by atoms with Crippen molar-refractivity contribution in [3.63, 3.8) is 0 Å². The fourth-order valence-electron chi connectivity index (χ4n) is 1.74. The van der Waals surface area contributed by atoms with E-state index in [1.807, 2.05) is 18.2 Å². The van der Waals surface area contributed by atoms with Crippen LogP contribution >= 0.6 is 11.8 Å². The molecule has 0 unspecified atom stereocenters. The van der Waals surface area contributed by atoms with E-state index < -0.39 is 0 Å². The Balaban J connectivity index is 2.17. The summed E-state index contributed by atoms with van der Waals surface area (Å²) >= 11 is 1.66. The zero-order chi connectivity index (χ0) is 13.2. The molecule has 0 amide bonds. The van der Waals surface area contributed by atoms with Gasteiger partial charge in [-0.05, 0) is 37.8 Å². The minimum absolute atomic E-state index is 0.363. The lowest BCUT2D eigenvalue weighted by atomic mass is 10.1. The van der Waals surface area contributed by atoms with Crippen LogP contribution in [0.1, 0.15) is 37.7 Å². The number of carbonyl (C=O) groups is 1. The summed E-state index contributed by atoms with van der Waals surface area (Å²) in [5, 5.41) is 0. The molecule has 0 fully saturated rings. The van der Waals surface area contributed by atoms with Gasteiger partial charge in [-0.2, -0.15) is 0 Å². The minimum atomic E-state index is 0.363. The van der Waals surface area contributed by atoms with Gasteiger partial charge >= 0.3 is 0 Å². The van der Waals surface area contributed by atoms with Crippen LogP contribution in [0.3, 0.4) is 0 Å². The number of thioether (sulfide) groups is 1. The number of carbonyl (C=O) groups excluding carboxylic acids is 1. The molecule has 0 aliphatic carbocycles. The van der Waals surface area contributed by atoms with E-state index in [2.05, 4.69) is 25.6 Å². The van der Waals surface area contributed by atoms with Crippen LogP contribution in [-0.2, 0) is 4.79 Å². The number of unbranched alkanes of at least 4 members (excludes halogenated alkanes) is 3. The van der Waals surface area contributed by atoms with Gasteiger partial charge in [-0.1, -0.05) is 30.7 Å². The molecule has 0 atom stereocenters. The maximum absolute atomic E-state index is 11.7. The minimum Gasteiger partial charge on any atom is -0.299 e. The van der Waals surface area contributed by atoms with Crippen molar-refractivity contribution in [3.8, 4) is 0 Å². The lowest BCUT2D eigenvalue weighted by molar-refractivity contribution is -0.116. The molecule has 0 saturated heterocycles. The summed E-state index contributed by atoms with van der Waals surface area (Å²) in [5.74, 6) is 0.966. The summed E-state index contributed by atoms with van der Waals surface area (Å²) < 4.78 is 0. The first-order valence-electron chi connectivity index (χ1n) is 6.55. The zero-order valence-electron chi connectivity index (χ0n) is 11.2. The van der Waals surface area contributed by atoms with Gasteiger partial charge in [0, 0.05) is 11.3 Å². The summed E-state index contributed by atoms with van der Waals surface area (Å²) in [6.07, 6.45) is 7.02. The number of rotatable bonds is 9. The van der Waals surface area contributed by atoms with Gasteiger partial charge in [0.25, 0.3) is 0 Å². The van der Waals surface area contributed by atoms with Crippen LogP contribution in [0, 0.1) is 6.92 Å². The molecule has 1 aromatic carbocycles. The van der Waals surface area contributed by atoms with E-state index in [1.54, 1.807) is 11.8 Å². The van der Waals surface area contributed by atoms with E-state index >= 15 is 0 Å². The highest BCUT2D eigenvalue weighted by Crippen LogP contribution is 2.22. The Hall–Kier alpha value is -1.02. The van der Waals surface area contributed by atoms with Gasteiger partial charge < -0.3 is 0 Å². The van der Waals surface area contributed by atoms with Crippen molar-refractivity contribution < 1.29 is 4.79 Å². The van der Waals surface area contributed by atoms with E-state index in [1.165, 1.54) is 10.5 Å². The largest absolute Gasteiger partial charge is 0.299 e. The molecule has 0 aromatic heterocycles. The third kappa shape index (κ3) is 6.06. The van der Waals surface area contributed by atoms with E-state index in [0.717, 1.165) is 32.1 Å². The Morgan fingerprint density at radius 3 is 2.78 bits per heavy atom. The molecule has 0 heterocycles. The van der Waals surface area contributed by atoms with Crippen molar-refractivity contribution in [1.82, 2.24) is 0 Å². The van der Waals surface area contributed by atoms with Crippen LogP contribution in [0.4, 0.5) is 0 Å². The number of Topliss-reactive ketones (excluding diaryl/α,β-unsaturated/α-hetero) is 1. The Labute approximate surface area is 115 Å². The Morgan fingerprint density at radius 2 is 2.06 bits per heavy atom. The highest BCUT2D eigenvalue weighted by Gasteiger charge is 2.04. The highest BCUT2D eigenvalue weighted by molar-refractivity contribution is 8.00. The van der Waals surface area contributed by atoms with Crippen molar-refractivity contribution in [2.45, 2.75) is 43.9 Å². The van der Waals surface area contributed by atoms with Crippen molar-refractivity contribution in [2.75, 3.05) is 5.75 Å². The second-order valence-electron chi connectivity index (χ2n) is 4.48. The van der Waals surface area contributed by atoms with Crippen LogP contribution in [0.15, 0.2) is 41.8 Å². The molecule has 98 valence electrons. The smallest absolute Gasteiger partial charge is 0.143 e. The molecular weight excluding hydrogens is 240 g/mol. The lowest BCUT2D eigenvalue weighted by Gasteiger charge is -2.04. The maximum atomic E-state index is 11.7. The maximum Gasteiger partial charge on any atom is 0.143 e. The third-order valence-electron chi connectivity index (χ3n) is 2.85. The lowest BCUT2D eigenvalue weighted by Crippen LogP contribution is -2.01. The fourth-order valence-corrected chi connectivity index (χ4v) is 2.67. The predicted octanol–water partition coefficient (Wildman–Crippen LogP) is 4.79. The standard InChI is InChI=1S/C16H22OS/c1-3-4-5-6-7-11-15(17)13-18-16-12-9-8-10-14(16)2/h3,8-10,12H,1,4-7,11,13H2,2H3. The summed E-state index contributed by atoms with van der Waals surface area (Å²) in [5.41, 5.74) is 1.25. The van der Waals surface area contributed by atoms with Gasteiger partial charge in [0.2, 0.25) is 0 Å². The number of hydrogen-bond donors (Lipinski definition) is 0. The molecule has 0 bridgehead atoms. The summed E-state index contributed by atoms with van der Waals surface area (Å²) in [6, 6.07) is 8.22. The van der Waals surface area contributed by atoms with Crippen LogP contribution < -0.4 is 0 Å². The van der Waals surface area contributed by atoms with E-state index in [-0.39, 0.29) is 0 Å². The Kier molecular flexibility index (Phi) is 7.51. The quantitative estimate of drug-likeness (QED) is 0.361. The van der Waals surface area contributed by atoms with Crippen LogP contribution in [0.25, 0.3) is 0 Å². The monoisotopic (exact) mass is 262 g/mol. The zero-order valence-corrected chi connectivity index (χ0v) is 12.0. The van der Waals surface area contributed by atoms with Crippen molar-refractivity contribution in [2.24, 2.45) is 0 Å². The molecule has 0 saturated carbocycles. The van der Waals surface area contributed by atoms with Crippen LogP contribution in [0.2, 0.25) is 0 Å². The summed E-state index contributed by atoms with van der Waals surface area (Å²) in [7, 11) is 0. The van der Waals surface area contributed by atoms with Crippen LogP contribution in [-0.4, -0.2) is 11.5 Å². The topological polar surface area (TPSA) is 17.1 Å². The number of aryl methyl sites for hydroxylation is 1. The number of benzene rings is 1. The van der Waals surface area contributed by atoms with Crippen LogP contribution in [0.5, 0.6) is 0 Å². The average molecular weight is 262 g/mol. The molecule has 1 nitrogen and oxygen atoms in total. The molecule has 0 aliphatic heterocycles. The van der Waals surface area contributed by atoms with Gasteiger partial charge in [-0.15, -0.1) is 18.3 Å². The van der Waals surface area contributed by atoms with Gasteiger partial charge in [-0.25, -0.2) is 0 Å². The third-order valence-corrected chi connectivity index (χ3v) is 4.08. The van der Waals surface area contributed by atoms with E-state index in [4.69, 9.17) is 0 Å². The molecule has 0 spiro atoms. The second kappa shape index (κ2) is 8.98. The molecule has 18 heavy (non-hydrogen) atoms. The van der Waals surface area contributed by atoms with Crippen molar-refractivity contribution in [1.29, 1.82) is 0 Å². The van der Waals surface area contributed by atoms with E-state index in [0.29, 0.717) is 11.5 Å². The highest BCUT2D eigenvalue weighted by atomic mass is 32.2. The van der Waals surface area contributed by atoms with Gasteiger partial charge in [-0.3, -0.25) is 4.79 Å². The summed E-state index contributed by atoms with van der Waals surface area (Å²) in [6.45, 7) is 5.78. The molecule has 2 heteroatoms. The van der Waals surface area contributed by atoms with E-state index in [9.17, 15) is 4.79 Å². The molecule has 0 radical (unpaired) electrons. The number of ketones is 1. The average Bonchev–Trinajstić information content (AvgIpc) is 2.37. The molecule has 1 rings (SSSR count). The molecule has 1 aromatic rings.